The molecule has 3 nitrogen and oxygen atoms in total. The molecule has 0 aliphatic heterocycles. The summed E-state index contributed by atoms with van der Waals surface area (Å²) in [5.41, 5.74) is 6.92. The van der Waals surface area contributed by atoms with Crippen LogP contribution in [0.25, 0.3) is 0 Å². The van der Waals surface area contributed by atoms with Crippen LogP contribution >= 0.6 is 0 Å². The third kappa shape index (κ3) is 1.91. The molecule has 0 unspecified atom stereocenters. The summed E-state index contributed by atoms with van der Waals surface area (Å²) in [5, 5.41) is 9.25. The van der Waals surface area contributed by atoms with E-state index in [1.165, 1.54) is 0 Å². The fourth-order valence-electron chi connectivity index (χ4n) is 0.924. The van der Waals surface area contributed by atoms with Crippen molar-refractivity contribution in [2.75, 3.05) is 6.54 Å². The number of nitrogens with two attached hydrogens (primary N) is 1. The van der Waals surface area contributed by atoms with Crippen molar-refractivity contribution >= 4 is 0 Å². The number of aromatic hydroxyl groups is 1. The van der Waals surface area contributed by atoms with Gasteiger partial charge in [-0.2, -0.15) is 0 Å². The first kappa shape index (κ1) is 8.01. The molecular weight excluding hydrogens is 140 g/mol. The molecule has 0 amide bonds. The molecule has 3 N–H and O–H groups in total. The molecule has 0 aromatic carbocycles. The maximum Gasteiger partial charge on any atom is 0.137 e. The SMILES string of the molecule is Cc1ccc(O)c(CCN)n1. The van der Waals surface area contributed by atoms with E-state index in [1.807, 2.05) is 6.92 Å². The summed E-state index contributed by atoms with van der Waals surface area (Å²) in [6.07, 6.45) is 0.632. The van der Waals surface area contributed by atoms with Crippen LogP contribution < -0.4 is 5.73 Å². The number of rotatable bonds is 2. The highest BCUT2D eigenvalue weighted by molar-refractivity contribution is 5.27. The van der Waals surface area contributed by atoms with Gasteiger partial charge in [-0.1, -0.05) is 0 Å². The normalized spacial score (nSPS) is 10.0. The van der Waals surface area contributed by atoms with Gasteiger partial charge in [0.25, 0.3) is 0 Å². The first-order valence-corrected chi connectivity index (χ1v) is 3.59. The first-order valence-electron chi connectivity index (χ1n) is 3.59. The van der Waals surface area contributed by atoms with Crippen molar-refractivity contribution in [3.05, 3.63) is 23.5 Å². The molecule has 0 aliphatic carbocycles. The molecule has 0 spiro atoms. The molecule has 0 saturated carbocycles. The zero-order valence-corrected chi connectivity index (χ0v) is 6.54. The van der Waals surface area contributed by atoms with Crippen molar-refractivity contribution in [2.24, 2.45) is 5.73 Å². The van der Waals surface area contributed by atoms with Gasteiger partial charge in [0.2, 0.25) is 0 Å². The van der Waals surface area contributed by atoms with E-state index in [4.69, 9.17) is 5.73 Å². The molecule has 0 atom stereocenters. The van der Waals surface area contributed by atoms with Crippen LogP contribution in [-0.2, 0) is 6.42 Å². The van der Waals surface area contributed by atoms with Crippen molar-refractivity contribution in [1.82, 2.24) is 4.98 Å². The minimum absolute atomic E-state index is 0.237. The predicted octanol–water partition coefficient (Wildman–Crippen LogP) is 0.597. The van der Waals surface area contributed by atoms with E-state index < -0.39 is 0 Å². The van der Waals surface area contributed by atoms with Gasteiger partial charge in [-0.15, -0.1) is 0 Å². The molecule has 1 aromatic heterocycles. The molecule has 1 rings (SSSR count). The predicted molar refractivity (Wildman–Crippen MR) is 43.4 cm³/mol. The van der Waals surface area contributed by atoms with E-state index in [1.54, 1.807) is 12.1 Å². The molecular formula is C8H12N2O. The Labute approximate surface area is 65.9 Å². The molecule has 0 bridgehead atoms. The van der Waals surface area contributed by atoms with E-state index in [-0.39, 0.29) is 5.75 Å². The molecule has 0 aliphatic rings. The fourth-order valence-corrected chi connectivity index (χ4v) is 0.924. The van der Waals surface area contributed by atoms with Crippen LogP contribution in [0.1, 0.15) is 11.4 Å². The Morgan fingerprint density at radius 3 is 2.91 bits per heavy atom. The van der Waals surface area contributed by atoms with Crippen LogP contribution in [0.3, 0.4) is 0 Å². The summed E-state index contributed by atoms with van der Waals surface area (Å²) >= 11 is 0. The zero-order chi connectivity index (χ0) is 8.27. The third-order valence-corrected chi connectivity index (χ3v) is 1.47. The lowest BCUT2D eigenvalue weighted by atomic mass is 10.2. The van der Waals surface area contributed by atoms with Gasteiger partial charge in [0.1, 0.15) is 5.75 Å². The number of aromatic nitrogens is 1. The molecule has 0 fully saturated rings. The van der Waals surface area contributed by atoms with Crippen LogP contribution in [0.4, 0.5) is 0 Å². The second kappa shape index (κ2) is 3.34. The largest absolute Gasteiger partial charge is 0.506 e. The fraction of sp³-hybridized carbons (Fsp3) is 0.375. The van der Waals surface area contributed by atoms with E-state index >= 15 is 0 Å². The van der Waals surface area contributed by atoms with Gasteiger partial charge >= 0.3 is 0 Å². The second-order valence-corrected chi connectivity index (χ2v) is 2.46. The van der Waals surface area contributed by atoms with Gasteiger partial charge in [-0.25, -0.2) is 0 Å². The van der Waals surface area contributed by atoms with E-state index in [2.05, 4.69) is 4.98 Å². The topological polar surface area (TPSA) is 59.1 Å². The maximum atomic E-state index is 9.25. The summed E-state index contributed by atoms with van der Waals surface area (Å²) in [4.78, 5) is 4.13. The lowest BCUT2D eigenvalue weighted by molar-refractivity contribution is 0.463. The van der Waals surface area contributed by atoms with Crippen LogP contribution in [0.15, 0.2) is 12.1 Å². The van der Waals surface area contributed by atoms with Gasteiger partial charge < -0.3 is 10.8 Å². The van der Waals surface area contributed by atoms with E-state index in [9.17, 15) is 5.11 Å². The third-order valence-electron chi connectivity index (χ3n) is 1.47. The van der Waals surface area contributed by atoms with Crippen molar-refractivity contribution in [2.45, 2.75) is 13.3 Å². The lowest BCUT2D eigenvalue weighted by Crippen LogP contribution is -2.05. The maximum absolute atomic E-state index is 9.25. The molecule has 1 heterocycles. The van der Waals surface area contributed by atoms with Gasteiger partial charge in [-0.3, -0.25) is 4.98 Å². The minimum Gasteiger partial charge on any atom is -0.506 e. The average molecular weight is 152 g/mol. The van der Waals surface area contributed by atoms with Crippen LogP contribution in [0.5, 0.6) is 5.75 Å². The van der Waals surface area contributed by atoms with E-state index in [0.717, 1.165) is 5.69 Å². The Morgan fingerprint density at radius 1 is 1.55 bits per heavy atom. The smallest absolute Gasteiger partial charge is 0.137 e. The number of nitrogens with zero attached hydrogens (tertiary/aromatic N) is 1. The van der Waals surface area contributed by atoms with Gasteiger partial charge in [0.05, 0.1) is 5.69 Å². The quantitative estimate of drug-likeness (QED) is 0.652. The summed E-state index contributed by atoms with van der Waals surface area (Å²) in [5.74, 6) is 0.237. The highest BCUT2D eigenvalue weighted by Crippen LogP contribution is 2.14. The summed E-state index contributed by atoms with van der Waals surface area (Å²) in [6.45, 7) is 2.41. The van der Waals surface area contributed by atoms with Crippen LogP contribution in [0, 0.1) is 6.92 Å². The summed E-state index contributed by atoms with van der Waals surface area (Å²) in [6, 6.07) is 3.42. The van der Waals surface area contributed by atoms with Gasteiger partial charge in [0.15, 0.2) is 0 Å². The zero-order valence-electron chi connectivity index (χ0n) is 6.54. The van der Waals surface area contributed by atoms with Crippen molar-refractivity contribution < 1.29 is 5.11 Å². The molecule has 60 valence electrons. The minimum atomic E-state index is 0.237. The highest BCUT2D eigenvalue weighted by Gasteiger charge is 2.00. The Hall–Kier alpha value is -1.09. The van der Waals surface area contributed by atoms with E-state index in [0.29, 0.717) is 18.7 Å². The molecule has 0 radical (unpaired) electrons. The van der Waals surface area contributed by atoms with Crippen molar-refractivity contribution in [3.8, 4) is 5.75 Å². The van der Waals surface area contributed by atoms with Crippen LogP contribution in [0.2, 0.25) is 0 Å². The second-order valence-electron chi connectivity index (χ2n) is 2.46. The highest BCUT2D eigenvalue weighted by atomic mass is 16.3. The Bertz CT molecular complexity index is 248. The first-order chi connectivity index (χ1) is 5.24. The number of aryl methyl sites for hydroxylation is 1. The molecule has 3 heteroatoms. The Morgan fingerprint density at radius 2 is 2.27 bits per heavy atom. The number of hydrogen-bond donors (Lipinski definition) is 2. The number of hydrogen-bond acceptors (Lipinski definition) is 3. The van der Waals surface area contributed by atoms with Crippen molar-refractivity contribution in [3.63, 3.8) is 0 Å². The standard InChI is InChI=1S/C8H12N2O/c1-6-2-3-8(11)7(10-6)4-5-9/h2-3,11H,4-5,9H2,1H3. The monoisotopic (exact) mass is 152 g/mol. The van der Waals surface area contributed by atoms with Crippen molar-refractivity contribution in [1.29, 1.82) is 0 Å². The Kier molecular flexibility index (Phi) is 2.44. The Balaban J connectivity index is 2.93. The van der Waals surface area contributed by atoms with Crippen LogP contribution in [-0.4, -0.2) is 16.6 Å². The molecule has 1 aromatic rings. The molecule has 11 heavy (non-hydrogen) atoms. The number of pyridine rings is 1. The average Bonchev–Trinajstić information content (AvgIpc) is 1.98. The van der Waals surface area contributed by atoms with Gasteiger partial charge in [0, 0.05) is 12.1 Å². The summed E-state index contributed by atoms with van der Waals surface area (Å²) in [7, 11) is 0. The lowest BCUT2D eigenvalue weighted by Gasteiger charge is -2.01. The summed E-state index contributed by atoms with van der Waals surface area (Å²) < 4.78 is 0. The van der Waals surface area contributed by atoms with Gasteiger partial charge in [-0.05, 0) is 25.6 Å². The molecule has 0 saturated heterocycles.